The molecule has 9 heteroatoms. The molecule has 0 saturated carbocycles. The van der Waals surface area contributed by atoms with Gasteiger partial charge in [0, 0.05) is 31.6 Å². The number of piperidine rings is 3. The van der Waals surface area contributed by atoms with Gasteiger partial charge in [-0.15, -0.1) is 0 Å². The van der Waals surface area contributed by atoms with Crippen LogP contribution in [0.1, 0.15) is 30.3 Å². The maximum Gasteiger partial charge on any atom is 0.319 e. The van der Waals surface area contributed by atoms with E-state index in [9.17, 15) is 14.0 Å². The van der Waals surface area contributed by atoms with Crippen molar-refractivity contribution in [3.05, 3.63) is 59.5 Å². The van der Waals surface area contributed by atoms with Crippen LogP contribution in [-0.2, 0) is 6.54 Å². The highest BCUT2D eigenvalue weighted by atomic mass is 19.1. The number of H-pyrrole nitrogens is 1. The van der Waals surface area contributed by atoms with Crippen LogP contribution in [0.2, 0.25) is 0 Å². The summed E-state index contributed by atoms with van der Waals surface area (Å²) in [5.41, 5.74) is 2.39. The number of carbonyl (C=O) groups excluding carboxylic acids is 2. The second-order valence-electron chi connectivity index (χ2n) is 8.48. The fourth-order valence-electron chi connectivity index (χ4n) is 4.59. The topological polar surface area (TPSA) is 102 Å². The molecule has 6 rings (SSSR count). The van der Waals surface area contributed by atoms with Crippen LogP contribution in [0.3, 0.4) is 0 Å². The number of hydrogen-bond donors (Lipinski definition) is 4. The lowest BCUT2D eigenvalue weighted by Crippen LogP contribution is -2.57. The molecule has 4 N–H and O–H groups in total. The molecular weight excluding hydrogens is 411 g/mol. The molecule has 2 bridgehead atoms. The van der Waals surface area contributed by atoms with Gasteiger partial charge in [-0.05, 0) is 67.7 Å². The number of rotatable bonds is 5. The second kappa shape index (κ2) is 8.58. The molecule has 3 aromatic rings. The Balaban J connectivity index is 0.00000259. The van der Waals surface area contributed by atoms with E-state index in [-0.39, 0.29) is 25.7 Å². The highest BCUT2D eigenvalue weighted by Gasteiger charge is 2.35. The summed E-state index contributed by atoms with van der Waals surface area (Å²) in [6.45, 7) is 3.38. The predicted molar refractivity (Wildman–Crippen MR) is 121 cm³/mol. The lowest BCUT2D eigenvalue weighted by molar-refractivity contribution is 0.0618. The number of hydrogen-bond acceptors (Lipinski definition) is 4. The van der Waals surface area contributed by atoms with Gasteiger partial charge in [0.25, 0.3) is 5.91 Å². The van der Waals surface area contributed by atoms with Crippen LogP contribution < -0.4 is 16.0 Å². The van der Waals surface area contributed by atoms with Gasteiger partial charge in [0.15, 0.2) is 5.69 Å². The number of benzene rings is 2. The number of carbonyl (C=O) groups is 2. The molecule has 3 aliphatic rings. The third-order valence-electron chi connectivity index (χ3n) is 6.37. The lowest BCUT2D eigenvalue weighted by Gasteiger charge is -2.44. The van der Waals surface area contributed by atoms with Gasteiger partial charge in [0.2, 0.25) is 0 Å². The molecule has 168 valence electrons. The molecule has 8 nitrogen and oxygen atoms in total. The van der Waals surface area contributed by atoms with Crippen molar-refractivity contribution in [1.82, 2.24) is 25.7 Å². The Morgan fingerprint density at radius 1 is 1.16 bits per heavy atom. The monoisotopic (exact) mass is 438 g/mol. The minimum atomic E-state index is -0.393. The van der Waals surface area contributed by atoms with Crippen LogP contribution in [-0.4, -0.2) is 52.7 Å². The number of urea groups is 1. The fourth-order valence-corrected chi connectivity index (χ4v) is 4.59. The summed E-state index contributed by atoms with van der Waals surface area (Å²) >= 11 is 0. The van der Waals surface area contributed by atoms with E-state index in [0.29, 0.717) is 22.7 Å². The van der Waals surface area contributed by atoms with Gasteiger partial charge < -0.3 is 20.9 Å². The van der Waals surface area contributed by atoms with Crippen molar-refractivity contribution >= 4 is 28.5 Å². The van der Waals surface area contributed by atoms with Crippen molar-refractivity contribution in [3.8, 4) is 0 Å². The predicted octanol–water partition coefficient (Wildman–Crippen LogP) is 3.09. The minimum absolute atomic E-state index is 0. The summed E-state index contributed by atoms with van der Waals surface area (Å²) in [7, 11) is 0. The smallest absolute Gasteiger partial charge is 0.319 e. The number of halogens is 1. The van der Waals surface area contributed by atoms with Crippen LogP contribution in [0.4, 0.5) is 14.9 Å². The molecule has 3 aliphatic heterocycles. The number of aromatic nitrogens is 2. The number of nitrogens with zero attached hydrogens (tertiary/aromatic N) is 2. The quantitative estimate of drug-likeness (QED) is 0.492. The van der Waals surface area contributed by atoms with Gasteiger partial charge in [-0.1, -0.05) is 12.1 Å². The number of amides is 3. The fraction of sp³-hybridized carbons (Fsp3) is 0.348. The van der Waals surface area contributed by atoms with Gasteiger partial charge in [0.1, 0.15) is 5.82 Å². The maximum atomic E-state index is 13.0. The Morgan fingerprint density at radius 2 is 1.94 bits per heavy atom. The van der Waals surface area contributed by atoms with Crippen LogP contribution in [0, 0.1) is 11.7 Å². The van der Waals surface area contributed by atoms with E-state index in [4.69, 9.17) is 0 Å². The molecule has 32 heavy (non-hydrogen) atoms. The van der Waals surface area contributed by atoms with Gasteiger partial charge in [-0.25, -0.2) is 9.18 Å². The Morgan fingerprint density at radius 3 is 2.66 bits per heavy atom. The van der Waals surface area contributed by atoms with Gasteiger partial charge in [0.05, 0.1) is 5.52 Å². The SMILES string of the molecule is O=C(NCc1ccc(F)cc1)Nc1ccc2[nH]nc(C(=O)N[C@H]3CN4CCC3CC4)c2c1.[HH]. The summed E-state index contributed by atoms with van der Waals surface area (Å²) in [6, 6.07) is 11.0. The highest BCUT2D eigenvalue weighted by molar-refractivity contribution is 6.06. The lowest BCUT2D eigenvalue weighted by atomic mass is 9.84. The third-order valence-corrected chi connectivity index (χ3v) is 6.37. The molecule has 0 unspecified atom stereocenters. The van der Waals surface area contributed by atoms with Crippen molar-refractivity contribution in [2.45, 2.75) is 25.4 Å². The van der Waals surface area contributed by atoms with Crippen molar-refractivity contribution in [2.24, 2.45) is 5.92 Å². The molecule has 3 amide bonds. The summed E-state index contributed by atoms with van der Waals surface area (Å²) in [5.74, 6) is 0.00375. The number of nitrogens with one attached hydrogen (secondary N) is 4. The number of aromatic amines is 1. The molecule has 3 saturated heterocycles. The second-order valence-corrected chi connectivity index (χ2v) is 8.48. The Kier molecular flexibility index (Phi) is 5.48. The van der Waals surface area contributed by atoms with Crippen molar-refractivity contribution in [2.75, 3.05) is 25.0 Å². The average molecular weight is 439 g/mol. The van der Waals surface area contributed by atoms with Crippen LogP contribution in [0.5, 0.6) is 0 Å². The van der Waals surface area contributed by atoms with E-state index in [1.54, 1.807) is 30.3 Å². The van der Waals surface area contributed by atoms with Crippen molar-refractivity contribution < 1.29 is 15.4 Å². The van der Waals surface area contributed by atoms with Crippen LogP contribution >= 0.6 is 0 Å². The summed E-state index contributed by atoms with van der Waals surface area (Å²) < 4.78 is 13.0. The average Bonchev–Trinajstić information content (AvgIpc) is 3.23. The zero-order chi connectivity index (χ0) is 22.1. The van der Waals surface area contributed by atoms with Crippen molar-refractivity contribution in [1.29, 1.82) is 0 Å². The summed E-state index contributed by atoms with van der Waals surface area (Å²) in [6.07, 6.45) is 2.24. The third kappa shape index (κ3) is 4.29. The molecule has 1 aromatic heterocycles. The van der Waals surface area contributed by atoms with E-state index >= 15 is 0 Å². The first-order valence-corrected chi connectivity index (χ1v) is 10.9. The number of fused-ring (bicyclic) bond motifs is 4. The van der Waals surface area contributed by atoms with E-state index in [1.807, 2.05) is 0 Å². The van der Waals surface area contributed by atoms with Crippen LogP contribution in [0.15, 0.2) is 42.5 Å². The normalized spacial score (nSPS) is 22.0. The van der Waals surface area contributed by atoms with Gasteiger partial charge in [-0.2, -0.15) is 5.10 Å². The molecule has 2 aromatic carbocycles. The molecule has 1 atom stereocenters. The summed E-state index contributed by atoms with van der Waals surface area (Å²) in [5, 5.41) is 16.4. The molecule has 4 heterocycles. The van der Waals surface area contributed by atoms with E-state index < -0.39 is 6.03 Å². The standard InChI is InChI=1S/C23H25FN6O2.H2/c24-16-3-1-14(2-4-16)12-25-23(32)26-17-5-6-19-18(11-17)21(29-28-19)22(31)27-20-13-30-9-7-15(20)8-10-30;/h1-6,11,15,20H,7-10,12-13H2,(H,27,31)(H,28,29)(H2,25,26,32);1H/t20-;/m0./s1. The van der Waals surface area contributed by atoms with E-state index in [1.165, 1.54) is 12.1 Å². The Labute approximate surface area is 186 Å². The zero-order valence-electron chi connectivity index (χ0n) is 17.5. The molecule has 0 aliphatic carbocycles. The first-order chi connectivity index (χ1) is 15.5. The Hall–Kier alpha value is -3.46. The highest BCUT2D eigenvalue weighted by Crippen LogP contribution is 2.28. The maximum absolute atomic E-state index is 13.0. The van der Waals surface area contributed by atoms with Gasteiger partial charge in [-0.3, -0.25) is 9.89 Å². The van der Waals surface area contributed by atoms with Crippen LogP contribution in [0.25, 0.3) is 10.9 Å². The zero-order valence-corrected chi connectivity index (χ0v) is 17.5. The molecule has 0 spiro atoms. The van der Waals surface area contributed by atoms with E-state index in [0.717, 1.165) is 43.6 Å². The summed E-state index contributed by atoms with van der Waals surface area (Å²) in [4.78, 5) is 27.6. The van der Waals surface area contributed by atoms with Crippen molar-refractivity contribution in [3.63, 3.8) is 0 Å². The van der Waals surface area contributed by atoms with Gasteiger partial charge >= 0.3 is 6.03 Å². The minimum Gasteiger partial charge on any atom is -0.346 e. The Bertz CT molecular complexity index is 1140. The molecule has 0 radical (unpaired) electrons. The number of anilines is 1. The first kappa shape index (κ1) is 20.4. The molecule has 3 fully saturated rings. The largest absolute Gasteiger partial charge is 0.346 e. The van der Waals surface area contributed by atoms with E-state index in [2.05, 4.69) is 31.0 Å². The first-order valence-electron chi connectivity index (χ1n) is 10.9. The molecular formula is C23H27FN6O2.